The molecule has 0 atom stereocenters. The van der Waals surface area contributed by atoms with Crippen LogP contribution in [0.4, 0.5) is 34.1 Å². The summed E-state index contributed by atoms with van der Waals surface area (Å²) in [4.78, 5) is 4.70. The van der Waals surface area contributed by atoms with E-state index in [1.54, 1.807) is 0 Å². The third-order valence-corrected chi connectivity index (χ3v) is 13.7. The zero-order valence-electron chi connectivity index (χ0n) is 34.2. The van der Waals surface area contributed by atoms with Crippen LogP contribution in [0.1, 0.15) is 51.7 Å². The van der Waals surface area contributed by atoms with Gasteiger partial charge in [-0.1, -0.05) is 137 Å². The van der Waals surface area contributed by atoms with E-state index in [0.717, 1.165) is 34.1 Å². The first kappa shape index (κ1) is 36.9. The van der Waals surface area contributed by atoms with E-state index in [9.17, 15) is 0 Å². The highest BCUT2D eigenvalue weighted by Crippen LogP contribution is 2.47. The second-order valence-electron chi connectivity index (χ2n) is 17.3. The Kier molecular flexibility index (Phi) is 9.22. The second-order valence-corrected chi connectivity index (χ2v) is 18.4. The van der Waals surface area contributed by atoms with Crippen LogP contribution in [0, 0.1) is 0 Å². The standard InChI is InChI=1S/C56H48N2S/c1-55(2)35-36-56(3,4)52-37-42(25-33-51(52)55)41-23-30-46(31-24-41)57(43-13-7-5-8-14-43)45-26-19-39(20-27-45)40-21-28-47(29-22-40)58(44-15-9-6-10-16-44)48-32-34-54-50(38-48)49-17-11-12-18-53(49)59-54/h5-34,37-38H,35-36H2,1-4H3. The van der Waals surface area contributed by atoms with Crippen molar-refractivity contribution in [2.75, 3.05) is 9.80 Å². The molecule has 0 unspecified atom stereocenters. The Balaban J connectivity index is 0.947. The minimum absolute atomic E-state index is 0.178. The molecule has 59 heavy (non-hydrogen) atoms. The number of anilines is 6. The molecule has 0 saturated carbocycles. The van der Waals surface area contributed by atoms with E-state index in [1.165, 1.54) is 66.4 Å². The number of benzene rings is 8. The van der Waals surface area contributed by atoms with Crippen molar-refractivity contribution in [1.29, 1.82) is 0 Å². The van der Waals surface area contributed by atoms with Gasteiger partial charge in [0.05, 0.1) is 0 Å². The molecule has 0 fully saturated rings. The summed E-state index contributed by atoms with van der Waals surface area (Å²) in [5.41, 5.74) is 15.1. The normalized spacial score (nSPS) is 14.2. The van der Waals surface area contributed by atoms with Gasteiger partial charge in [-0.3, -0.25) is 0 Å². The monoisotopic (exact) mass is 780 g/mol. The Hall–Kier alpha value is -6.42. The lowest BCUT2D eigenvalue weighted by Crippen LogP contribution is -2.33. The Morgan fingerprint density at radius 3 is 1.31 bits per heavy atom. The van der Waals surface area contributed by atoms with Crippen LogP contribution >= 0.6 is 11.3 Å². The number of thiophene rings is 1. The molecule has 0 saturated heterocycles. The van der Waals surface area contributed by atoms with Crippen molar-refractivity contribution in [3.63, 3.8) is 0 Å². The molecule has 1 aliphatic rings. The van der Waals surface area contributed by atoms with Crippen molar-refractivity contribution in [2.24, 2.45) is 0 Å². The number of hydrogen-bond acceptors (Lipinski definition) is 3. The van der Waals surface area contributed by atoms with Gasteiger partial charge < -0.3 is 9.80 Å². The first-order chi connectivity index (χ1) is 28.7. The van der Waals surface area contributed by atoms with Gasteiger partial charge in [0.2, 0.25) is 0 Å². The van der Waals surface area contributed by atoms with Crippen molar-refractivity contribution in [1.82, 2.24) is 0 Å². The third kappa shape index (κ3) is 6.90. The van der Waals surface area contributed by atoms with E-state index in [1.807, 2.05) is 11.3 Å². The van der Waals surface area contributed by atoms with Crippen molar-refractivity contribution >= 4 is 65.6 Å². The molecule has 3 heteroatoms. The topological polar surface area (TPSA) is 6.48 Å². The van der Waals surface area contributed by atoms with E-state index in [0.29, 0.717) is 0 Å². The molecule has 1 heterocycles. The van der Waals surface area contributed by atoms with Crippen molar-refractivity contribution in [3.05, 3.63) is 205 Å². The fraction of sp³-hybridized carbons (Fsp3) is 0.143. The van der Waals surface area contributed by atoms with E-state index in [-0.39, 0.29) is 10.8 Å². The molecule has 0 radical (unpaired) electrons. The Bertz CT molecular complexity index is 2910. The summed E-state index contributed by atoms with van der Waals surface area (Å²) >= 11 is 1.85. The fourth-order valence-corrected chi connectivity index (χ4v) is 10.2. The molecular weight excluding hydrogens is 733 g/mol. The largest absolute Gasteiger partial charge is 0.311 e. The quantitative estimate of drug-likeness (QED) is 0.152. The highest BCUT2D eigenvalue weighted by atomic mass is 32.1. The van der Waals surface area contributed by atoms with Crippen LogP contribution in [-0.2, 0) is 10.8 Å². The van der Waals surface area contributed by atoms with Gasteiger partial charge in [-0.2, -0.15) is 0 Å². The van der Waals surface area contributed by atoms with Crippen LogP contribution in [0.2, 0.25) is 0 Å². The maximum atomic E-state index is 2.45. The summed E-state index contributed by atoms with van der Waals surface area (Å²) in [7, 11) is 0. The number of rotatable bonds is 8. The molecule has 2 nitrogen and oxygen atoms in total. The first-order valence-electron chi connectivity index (χ1n) is 20.8. The van der Waals surface area contributed by atoms with Gasteiger partial charge in [0, 0.05) is 54.3 Å². The van der Waals surface area contributed by atoms with Crippen LogP contribution in [0.3, 0.4) is 0 Å². The van der Waals surface area contributed by atoms with Crippen LogP contribution in [0.5, 0.6) is 0 Å². The van der Waals surface area contributed by atoms with E-state index < -0.39 is 0 Å². The van der Waals surface area contributed by atoms with Gasteiger partial charge in [0.1, 0.15) is 0 Å². The van der Waals surface area contributed by atoms with Crippen LogP contribution in [0.15, 0.2) is 194 Å². The molecule has 288 valence electrons. The molecular formula is C56H48N2S. The molecule has 8 aromatic carbocycles. The van der Waals surface area contributed by atoms with Crippen LogP contribution < -0.4 is 9.80 Å². The average Bonchev–Trinajstić information content (AvgIpc) is 3.65. The Labute approximate surface area is 352 Å². The number of hydrogen-bond donors (Lipinski definition) is 0. The molecule has 0 N–H and O–H groups in total. The highest BCUT2D eigenvalue weighted by molar-refractivity contribution is 7.25. The number of fused-ring (bicyclic) bond motifs is 4. The van der Waals surface area contributed by atoms with Gasteiger partial charge in [-0.05, 0) is 142 Å². The summed E-state index contributed by atoms with van der Waals surface area (Å²) in [5, 5.41) is 2.60. The molecule has 0 spiro atoms. The lowest BCUT2D eigenvalue weighted by Gasteiger charge is -2.42. The molecule has 1 aliphatic carbocycles. The predicted molar refractivity (Wildman–Crippen MR) is 255 cm³/mol. The minimum atomic E-state index is 0.178. The van der Waals surface area contributed by atoms with Gasteiger partial charge in [-0.15, -0.1) is 11.3 Å². The molecule has 0 aliphatic heterocycles. The van der Waals surface area contributed by atoms with Gasteiger partial charge in [-0.25, -0.2) is 0 Å². The summed E-state index contributed by atoms with van der Waals surface area (Å²) in [6.45, 7) is 9.59. The van der Waals surface area contributed by atoms with Crippen molar-refractivity contribution in [2.45, 2.75) is 51.4 Å². The molecule has 9 aromatic rings. The molecule has 0 bridgehead atoms. The predicted octanol–water partition coefficient (Wildman–Crippen LogP) is 16.7. The molecule has 1 aromatic heterocycles. The van der Waals surface area contributed by atoms with Crippen LogP contribution in [0.25, 0.3) is 42.4 Å². The first-order valence-corrected chi connectivity index (χ1v) is 21.6. The Morgan fingerprint density at radius 2 is 0.746 bits per heavy atom. The van der Waals surface area contributed by atoms with Gasteiger partial charge in [0.15, 0.2) is 0 Å². The second kappa shape index (κ2) is 14.8. The molecule has 10 rings (SSSR count). The molecule has 0 amide bonds. The van der Waals surface area contributed by atoms with E-state index in [4.69, 9.17) is 0 Å². The third-order valence-electron chi connectivity index (χ3n) is 12.5. The minimum Gasteiger partial charge on any atom is -0.311 e. The summed E-state index contributed by atoms with van der Waals surface area (Å²) < 4.78 is 2.63. The summed E-state index contributed by atoms with van der Waals surface area (Å²) in [5.74, 6) is 0. The maximum absolute atomic E-state index is 2.45. The highest BCUT2D eigenvalue weighted by Gasteiger charge is 2.37. The SMILES string of the molecule is CC1(C)CCC(C)(C)c2cc(-c3ccc(N(c4ccccc4)c4ccc(-c5ccc(N(c6ccccc6)c6ccc7sc8ccccc8c7c6)cc5)cc4)cc3)ccc21. The zero-order valence-corrected chi connectivity index (χ0v) is 35.0. The maximum Gasteiger partial charge on any atom is 0.0468 e. The smallest absolute Gasteiger partial charge is 0.0468 e. The van der Waals surface area contributed by atoms with Crippen molar-refractivity contribution < 1.29 is 0 Å². The average molecular weight is 781 g/mol. The van der Waals surface area contributed by atoms with E-state index in [2.05, 4.69) is 232 Å². The van der Waals surface area contributed by atoms with Crippen LogP contribution in [-0.4, -0.2) is 0 Å². The lowest BCUT2D eigenvalue weighted by atomic mass is 9.63. The fourth-order valence-electron chi connectivity index (χ4n) is 9.08. The summed E-state index contributed by atoms with van der Waals surface area (Å²) in [6.07, 6.45) is 2.44. The van der Waals surface area contributed by atoms with Gasteiger partial charge >= 0.3 is 0 Å². The van der Waals surface area contributed by atoms with Gasteiger partial charge in [0.25, 0.3) is 0 Å². The Morgan fingerprint density at radius 1 is 0.339 bits per heavy atom. The van der Waals surface area contributed by atoms with Crippen molar-refractivity contribution in [3.8, 4) is 22.3 Å². The summed E-state index contributed by atoms with van der Waals surface area (Å²) in [6, 6.07) is 71.1. The lowest BCUT2D eigenvalue weighted by molar-refractivity contribution is 0.332. The zero-order chi connectivity index (χ0) is 40.1. The number of nitrogens with zero attached hydrogens (tertiary/aromatic N) is 2. The van der Waals surface area contributed by atoms with E-state index >= 15 is 0 Å². The number of para-hydroxylation sites is 2.